The summed E-state index contributed by atoms with van der Waals surface area (Å²) in [5, 5.41) is 12.1. The number of nitrogens with zero attached hydrogens (tertiary/aromatic N) is 5. The van der Waals surface area contributed by atoms with Crippen LogP contribution in [0.15, 0.2) is 41.8 Å². The van der Waals surface area contributed by atoms with Gasteiger partial charge >= 0.3 is 0 Å². The van der Waals surface area contributed by atoms with Gasteiger partial charge in [0.15, 0.2) is 5.82 Å². The summed E-state index contributed by atoms with van der Waals surface area (Å²) in [6.07, 6.45) is 4.72. The molecule has 0 spiro atoms. The van der Waals surface area contributed by atoms with E-state index in [2.05, 4.69) is 20.0 Å². The normalized spacial score (nSPS) is 11.7. The Kier molecular flexibility index (Phi) is 5.08. The monoisotopic (exact) mass is 374 g/mol. The number of aromatic nitrogens is 5. The number of hydrogen-bond donors (Lipinski definition) is 1. The zero-order valence-electron chi connectivity index (χ0n) is 15.0. The third-order valence-electron chi connectivity index (χ3n) is 4.17. The summed E-state index contributed by atoms with van der Waals surface area (Å²) in [6.45, 7) is 6.60. The lowest BCUT2D eigenvalue weighted by molar-refractivity contribution is 0.583. The molecule has 0 saturated carbocycles. The van der Waals surface area contributed by atoms with Crippen LogP contribution in [0.2, 0.25) is 0 Å². The Labute approximate surface area is 152 Å². The van der Waals surface area contributed by atoms with Gasteiger partial charge in [-0.2, -0.15) is 5.10 Å². The third kappa shape index (κ3) is 3.48. The molecule has 0 bridgehead atoms. The van der Waals surface area contributed by atoms with E-state index in [0.717, 1.165) is 24.1 Å². The molecule has 1 aromatic carbocycles. The summed E-state index contributed by atoms with van der Waals surface area (Å²) in [5.41, 5.74) is 2.25. The molecule has 1 N–H and O–H groups in total. The standard InChI is InChI=1S/C17H22N6O2S/c1-4-10-23-13(3)16(17(20-23)22-11-18-19-12-22)21-26(24,25)15-8-6-14(5-2)7-9-15/h6-9,11-12,21H,4-5,10H2,1-3H3. The first-order valence-corrected chi connectivity index (χ1v) is 9.98. The van der Waals surface area contributed by atoms with Gasteiger partial charge in [-0.25, -0.2) is 8.42 Å². The van der Waals surface area contributed by atoms with E-state index in [0.29, 0.717) is 18.1 Å². The number of benzene rings is 1. The number of anilines is 1. The number of sulfonamides is 1. The Morgan fingerprint density at radius 2 is 1.73 bits per heavy atom. The smallest absolute Gasteiger partial charge is 0.262 e. The average molecular weight is 374 g/mol. The lowest BCUT2D eigenvalue weighted by atomic mass is 10.2. The first kappa shape index (κ1) is 18.1. The molecule has 26 heavy (non-hydrogen) atoms. The van der Waals surface area contributed by atoms with Crippen molar-refractivity contribution >= 4 is 15.7 Å². The SMILES string of the molecule is CCCn1nc(-n2cnnc2)c(NS(=O)(=O)c2ccc(CC)cc2)c1C. The van der Waals surface area contributed by atoms with Crippen LogP contribution in [-0.2, 0) is 23.0 Å². The summed E-state index contributed by atoms with van der Waals surface area (Å²) >= 11 is 0. The predicted octanol–water partition coefficient (Wildman–Crippen LogP) is 2.55. The van der Waals surface area contributed by atoms with Gasteiger partial charge in [0.2, 0.25) is 0 Å². The molecule has 2 aromatic heterocycles. The Balaban J connectivity index is 2.02. The maximum Gasteiger partial charge on any atom is 0.262 e. The highest BCUT2D eigenvalue weighted by Gasteiger charge is 2.22. The number of aryl methyl sites for hydroxylation is 2. The van der Waals surface area contributed by atoms with Crippen molar-refractivity contribution in [2.45, 2.75) is 45.1 Å². The fourth-order valence-corrected chi connectivity index (χ4v) is 3.79. The molecule has 2 heterocycles. The van der Waals surface area contributed by atoms with Gasteiger partial charge in [0.25, 0.3) is 10.0 Å². The first-order chi connectivity index (χ1) is 12.5. The van der Waals surface area contributed by atoms with E-state index >= 15 is 0 Å². The molecule has 9 heteroatoms. The van der Waals surface area contributed by atoms with Crippen molar-refractivity contribution in [3.8, 4) is 5.82 Å². The molecule has 0 unspecified atom stereocenters. The summed E-state index contributed by atoms with van der Waals surface area (Å²) in [7, 11) is -3.73. The Bertz CT molecular complexity index is 975. The van der Waals surface area contributed by atoms with Gasteiger partial charge in [-0.1, -0.05) is 26.0 Å². The van der Waals surface area contributed by atoms with Crippen LogP contribution >= 0.6 is 0 Å². The minimum absolute atomic E-state index is 0.215. The van der Waals surface area contributed by atoms with Crippen molar-refractivity contribution < 1.29 is 8.42 Å². The Hall–Kier alpha value is -2.68. The van der Waals surface area contributed by atoms with Crippen LogP contribution in [-0.4, -0.2) is 33.0 Å². The van der Waals surface area contributed by atoms with Gasteiger partial charge < -0.3 is 0 Å². The van der Waals surface area contributed by atoms with Gasteiger partial charge in [-0.3, -0.25) is 14.0 Å². The van der Waals surface area contributed by atoms with E-state index < -0.39 is 10.0 Å². The molecule has 138 valence electrons. The molecule has 0 fully saturated rings. The van der Waals surface area contributed by atoms with E-state index in [4.69, 9.17) is 0 Å². The number of hydrogen-bond acceptors (Lipinski definition) is 5. The van der Waals surface area contributed by atoms with Crippen molar-refractivity contribution in [2.24, 2.45) is 0 Å². The van der Waals surface area contributed by atoms with Crippen molar-refractivity contribution in [3.05, 3.63) is 48.2 Å². The van der Waals surface area contributed by atoms with Crippen LogP contribution in [0.1, 0.15) is 31.5 Å². The topological polar surface area (TPSA) is 94.7 Å². The highest BCUT2D eigenvalue weighted by molar-refractivity contribution is 7.92. The van der Waals surface area contributed by atoms with Gasteiger partial charge in [0, 0.05) is 6.54 Å². The summed E-state index contributed by atoms with van der Waals surface area (Å²) in [4.78, 5) is 0.215. The molecule has 0 saturated heterocycles. The van der Waals surface area contributed by atoms with Crippen molar-refractivity contribution in [2.75, 3.05) is 4.72 Å². The largest absolute Gasteiger partial charge is 0.274 e. The van der Waals surface area contributed by atoms with Crippen LogP contribution in [0.4, 0.5) is 5.69 Å². The minimum Gasteiger partial charge on any atom is -0.274 e. The molecule has 8 nitrogen and oxygen atoms in total. The molecular formula is C17H22N6O2S. The fourth-order valence-electron chi connectivity index (χ4n) is 2.67. The zero-order valence-corrected chi connectivity index (χ0v) is 15.9. The molecule has 0 aliphatic heterocycles. The zero-order chi connectivity index (χ0) is 18.7. The van der Waals surface area contributed by atoms with E-state index in [-0.39, 0.29) is 4.90 Å². The molecule has 0 aliphatic rings. The Morgan fingerprint density at radius 3 is 2.31 bits per heavy atom. The summed E-state index contributed by atoms with van der Waals surface area (Å²) in [6, 6.07) is 6.88. The van der Waals surface area contributed by atoms with Gasteiger partial charge in [0.1, 0.15) is 18.3 Å². The van der Waals surface area contributed by atoms with Crippen LogP contribution in [0, 0.1) is 6.92 Å². The number of rotatable bonds is 7. The first-order valence-electron chi connectivity index (χ1n) is 8.50. The Morgan fingerprint density at radius 1 is 1.08 bits per heavy atom. The van der Waals surface area contributed by atoms with Crippen LogP contribution < -0.4 is 4.72 Å². The summed E-state index contributed by atoms with van der Waals surface area (Å²) in [5.74, 6) is 0.453. The molecule has 0 aliphatic carbocycles. The van der Waals surface area contributed by atoms with E-state index in [1.54, 1.807) is 21.4 Å². The highest BCUT2D eigenvalue weighted by atomic mass is 32.2. The van der Waals surface area contributed by atoms with Gasteiger partial charge in [0.05, 0.1) is 10.6 Å². The average Bonchev–Trinajstić information content (AvgIpc) is 3.26. The molecule has 0 atom stereocenters. The molecule has 0 radical (unpaired) electrons. The minimum atomic E-state index is -3.73. The van der Waals surface area contributed by atoms with E-state index in [1.807, 2.05) is 32.9 Å². The molecular weight excluding hydrogens is 352 g/mol. The lowest BCUT2D eigenvalue weighted by Gasteiger charge is -2.10. The van der Waals surface area contributed by atoms with E-state index in [1.165, 1.54) is 12.7 Å². The van der Waals surface area contributed by atoms with Crippen LogP contribution in [0.3, 0.4) is 0 Å². The number of nitrogens with one attached hydrogen (secondary N) is 1. The second kappa shape index (κ2) is 7.28. The van der Waals surface area contributed by atoms with Gasteiger partial charge in [-0.15, -0.1) is 10.2 Å². The second-order valence-electron chi connectivity index (χ2n) is 5.98. The highest BCUT2D eigenvalue weighted by Crippen LogP contribution is 2.27. The molecule has 0 amide bonds. The third-order valence-corrected chi connectivity index (χ3v) is 5.53. The summed E-state index contributed by atoms with van der Waals surface area (Å²) < 4.78 is 31.8. The maximum absolute atomic E-state index is 12.9. The van der Waals surface area contributed by atoms with Crippen molar-refractivity contribution in [1.29, 1.82) is 0 Å². The van der Waals surface area contributed by atoms with E-state index in [9.17, 15) is 8.42 Å². The fraction of sp³-hybridized carbons (Fsp3) is 0.353. The quantitative estimate of drug-likeness (QED) is 0.686. The predicted molar refractivity (Wildman–Crippen MR) is 98.8 cm³/mol. The van der Waals surface area contributed by atoms with Crippen LogP contribution in [0.25, 0.3) is 5.82 Å². The van der Waals surface area contributed by atoms with Gasteiger partial charge in [-0.05, 0) is 37.5 Å². The van der Waals surface area contributed by atoms with Crippen LogP contribution in [0.5, 0.6) is 0 Å². The van der Waals surface area contributed by atoms with Crippen molar-refractivity contribution in [1.82, 2.24) is 24.5 Å². The molecule has 3 aromatic rings. The lowest BCUT2D eigenvalue weighted by Crippen LogP contribution is -2.15. The van der Waals surface area contributed by atoms with Crippen molar-refractivity contribution in [3.63, 3.8) is 0 Å². The maximum atomic E-state index is 12.9. The molecule has 3 rings (SSSR count). The second-order valence-corrected chi connectivity index (χ2v) is 7.66.